The highest BCUT2D eigenvalue weighted by Crippen LogP contribution is 2.37. The Hall–Kier alpha value is -2.23. The van der Waals surface area contributed by atoms with Crippen molar-refractivity contribution in [3.63, 3.8) is 0 Å². The van der Waals surface area contributed by atoms with Crippen LogP contribution in [0.5, 0.6) is 0 Å². The van der Waals surface area contributed by atoms with Gasteiger partial charge in [0.05, 0.1) is 0 Å². The highest BCUT2D eigenvalue weighted by Gasteiger charge is 2.29. The van der Waals surface area contributed by atoms with Gasteiger partial charge in [0.2, 0.25) is 11.8 Å². The van der Waals surface area contributed by atoms with E-state index in [1.807, 2.05) is 13.8 Å². The Kier molecular flexibility index (Phi) is 5.93. The minimum Gasteiger partial charge on any atom is -0.423 e. The molecule has 2 rings (SSSR count). The average molecular weight is 374 g/mol. The van der Waals surface area contributed by atoms with E-state index in [1.165, 1.54) is 24.3 Å². The largest absolute Gasteiger partial charge is 0.446 e. The second kappa shape index (κ2) is 7.77. The maximum atomic E-state index is 12.4. The first-order valence-corrected chi connectivity index (χ1v) is 8.22. The number of carbonyl (C=O) groups is 1. The van der Waals surface area contributed by atoms with E-state index in [2.05, 4.69) is 20.8 Å². The third-order valence-electron chi connectivity index (χ3n) is 2.99. The Morgan fingerprint density at radius 1 is 1.20 bits per heavy atom. The minimum absolute atomic E-state index is 0.0168. The maximum Gasteiger partial charge on any atom is 0.446 e. The lowest BCUT2D eigenvalue weighted by molar-refractivity contribution is -0.0328. The van der Waals surface area contributed by atoms with E-state index in [0.717, 1.165) is 0 Å². The van der Waals surface area contributed by atoms with Gasteiger partial charge in [0, 0.05) is 16.5 Å². The molecule has 1 heterocycles. The number of rotatable bonds is 5. The molecule has 25 heavy (non-hydrogen) atoms. The molecule has 0 saturated heterocycles. The molecule has 0 aliphatic rings. The second-order valence-corrected chi connectivity index (χ2v) is 6.67. The standard InChI is InChI=1S/C15H17F3N4O2S/c1-8(2)12-21-22-13(24-12)9(3)19-14(23)20-10-5-4-6-11(7-10)25-15(16,17)18/h4-9H,1-3H3,(H2,19,20,23). The van der Waals surface area contributed by atoms with E-state index < -0.39 is 17.6 Å². The number of hydrogen-bond acceptors (Lipinski definition) is 5. The molecule has 0 radical (unpaired) electrons. The van der Waals surface area contributed by atoms with Gasteiger partial charge in [-0.05, 0) is 36.9 Å². The van der Waals surface area contributed by atoms with Gasteiger partial charge < -0.3 is 15.1 Å². The summed E-state index contributed by atoms with van der Waals surface area (Å²) in [6.45, 7) is 5.45. The molecule has 10 heteroatoms. The smallest absolute Gasteiger partial charge is 0.423 e. The lowest BCUT2D eigenvalue weighted by Crippen LogP contribution is -2.31. The topological polar surface area (TPSA) is 80.0 Å². The van der Waals surface area contributed by atoms with Crippen LogP contribution in [-0.2, 0) is 0 Å². The average Bonchev–Trinajstić information content (AvgIpc) is 2.95. The molecular formula is C15H17F3N4O2S. The van der Waals surface area contributed by atoms with Crippen molar-refractivity contribution in [1.29, 1.82) is 0 Å². The van der Waals surface area contributed by atoms with Crippen molar-refractivity contribution in [2.75, 3.05) is 5.32 Å². The van der Waals surface area contributed by atoms with Crippen molar-refractivity contribution in [3.8, 4) is 0 Å². The number of nitrogens with one attached hydrogen (secondary N) is 2. The van der Waals surface area contributed by atoms with Gasteiger partial charge in [-0.1, -0.05) is 19.9 Å². The molecule has 2 aromatic rings. The fraction of sp³-hybridized carbons (Fsp3) is 0.400. The first-order chi connectivity index (χ1) is 11.6. The van der Waals surface area contributed by atoms with Crippen LogP contribution in [0.25, 0.3) is 0 Å². The molecule has 1 unspecified atom stereocenters. The van der Waals surface area contributed by atoms with Crippen LogP contribution >= 0.6 is 11.8 Å². The summed E-state index contributed by atoms with van der Waals surface area (Å²) in [5.74, 6) is 0.775. The molecule has 0 bridgehead atoms. The molecule has 0 aliphatic heterocycles. The van der Waals surface area contributed by atoms with E-state index in [-0.39, 0.29) is 34.2 Å². The molecular weight excluding hydrogens is 357 g/mol. The molecule has 0 aliphatic carbocycles. The predicted molar refractivity (Wildman–Crippen MR) is 87.3 cm³/mol. The van der Waals surface area contributed by atoms with Crippen molar-refractivity contribution >= 4 is 23.5 Å². The number of anilines is 1. The summed E-state index contributed by atoms with van der Waals surface area (Å²) in [6, 6.07) is 4.34. The van der Waals surface area contributed by atoms with Gasteiger partial charge in [0.25, 0.3) is 0 Å². The summed E-state index contributed by atoms with van der Waals surface area (Å²) in [4.78, 5) is 12.0. The molecule has 1 aromatic carbocycles. The van der Waals surface area contributed by atoms with Crippen LogP contribution in [0.2, 0.25) is 0 Å². The Labute approximate surface area is 146 Å². The molecule has 2 amide bonds. The van der Waals surface area contributed by atoms with Gasteiger partial charge >= 0.3 is 11.5 Å². The van der Waals surface area contributed by atoms with Crippen molar-refractivity contribution in [2.24, 2.45) is 0 Å². The summed E-state index contributed by atoms with van der Waals surface area (Å²) < 4.78 is 42.6. The quantitative estimate of drug-likeness (QED) is 0.743. The van der Waals surface area contributed by atoms with Crippen LogP contribution in [0, 0.1) is 0 Å². The molecule has 1 atom stereocenters. The van der Waals surface area contributed by atoms with E-state index >= 15 is 0 Å². The first-order valence-electron chi connectivity index (χ1n) is 7.40. The van der Waals surface area contributed by atoms with E-state index in [9.17, 15) is 18.0 Å². The van der Waals surface area contributed by atoms with Gasteiger partial charge in [-0.2, -0.15) is 13.2 Å². The Morgan fingerprint density at radius 3 is 2.48 bits per heavy atom. The van der Waals surface area contributed by atoms with Gasteiger partial charge in [0.1, 0.15) is 6.04 Å². The fourth-order valence-corrected chi connectivity index (χ4v) is 2.45. The Bertz CT molecular complexity index is 734. The lowest BCUT2D eigenvalue weighted by Gasteiger charge is -2.12. The maximum absolute atomic E-state index is 12.4. The van der Waals surface area contributed by atoms with Gasteiger partial charge in [0.15, 0.2) is 0 Å². The monoisotopic (exact) mass is 374 g/mol. The van der Waals surface area contributed by atoms with Gasteiger partial charge in [-0.3, -0.25) is 0 Å². The molecule has 6 nitrogen and oxygen atoms in total. The van der Waals surface area contributed by atoms with Crippen molar-refractivity contribution in [3.05, 3.63) is 36.0 Å². The number of halogens is 3. The summed E-state index contributed by atoms with van der Waals surface area (Å²) in [5, 5.41) is 12.8. The SMILES string of the molecule is CC(C)c1nnc(C(C)NC(=O)Nc2cccc(SC(F)(F)F)c2)o1. The predicted octanol–water partition coefficient (Wildman–Crippen LogP) is 4.69. The van der Waals surface area contributed by atoms with Crippen LogP contribution < -0.4 is 10.6 Å². The van der Waals surface area contributed by atoms with Crippen molar-refractivity contribution < 1.29 is 22.4 Å². The fourth-order valence-electron chi connectivity index (χ4n) is 1.85. The number of alkyl halides is 3. The van der Waals surface area contributed by atoms with Crippen LogP contribution in [0.3, 0.4) is 0 Å². The number of benzene rings is 1. The zero-order valence-electron chi connectivity index (χ0n) is 13.7. The molecule has 0 fully saturated rings. The number of hydrogen-bond donors (Lipinski definition) is 2. The molecule has 0 spiro atoms. The Morgan fingerprint density at radius 2 is 1.88 bits per heavy atom. The molecule has 1 aromatic heterocycles. The number of carbonyl (C=O) groups excluding carboxylic acids is 1. The van der Waals surface area contributed by atoms with Crippen LogP contribution in [0.1, 0.15) is 44.5 Å². The lowest BCUT2D eigenvalue weighted by atomic mass is 10.2. The zero-order valence-corrected chi connectivity index (χ0v) is 14.5. The second-order valence-electron chi connectivity index (χ2n) is 5.53. The van der Waals surface area contributed by atoms with E-state index in [4.69, 9.17) is 4.42 Å². The number of nitrogens with zero attached hydrogens (tertiary/aromatic N) is 2. The van der Waals surface area contributed by atoms with Gasteiger partial charge in [-0.15, -0.1) is 10.2 Å². The first kappa shape index (κ1) is 19.1. The van der Waals surface area contributed by atoms with Crippen molar-refractivity contribution in [2.45, 2.75) is 43.1 Å². The summed E-state index contributed by atoms with van der Waals surface area (Å²) in [7, 11) is 0. The van der Waals surface area contributed by atoms with Crippen LogP contribution in [-0.4, -0.2) is 21.7 Å². The van der Waals surface area contributed by atoms with E-state index in [0.29, 0.717) is 5.89 Å². The van der Waals surface area contributed by atoms with Crippen molar-refractivity contribution in [1.82, 2.24) is 15.5 Å². The Balaban J connectivity index is 1.96. The molecule has 2 N–H and O–H groups in total. The molecule has 136 valence electrons. The van der Waals surface area contributed by atoms with E-state index in [1.54, 1.807) is 6.92 Å². The minimum atomic E-state index is -4.39. The summed E-state index contributed by atoms with van der Waals surface area (Å²) in [5.41, 5.74) is -4.14. The highest BCUT2D eigenvalue weighted by molar-refractivity contribution is 8.00. The zero-order chi connectivity index (χ0) is 18.6. The number of aromatic nitrogens is 2. The third kappa shape index (κ3) is 5.96. The molecule has 0 saturated carbocycles. The van der Waals surface area contributed by atoms with Gasteiger partial charge in [-0.25, -0.2) is 4.79 Å². The third-order valence-corrected chi connectivity index (χ3v) is 3.71. The number of amides is 2. The normalized spacial score (nSPS) is 12.9. The summed E-state index contributed by atoms with van der Waals surface area (Å²) >= 11 is -0.247. The number of urea groups is 1. The summed E-state index contributed by atoms with van der Waals surface area (Å²) in [6.07, 6.45) is 0. The van der Waals surface area contributed by atoms with Crippen LogP contribution in [0.4, 0.5) is 23.7 Å². The van der Waals surface area contributed by atoms with Crippen LogP contribution in [0.15, 0.2) is 33.6 Å². The number of thioether (sulfide) groups is 1. The highest BCUT2D eigenvalue weighted by atomic mass is 32.2.